The zero-order valence-corrected chi connectivity index (χ0v) is 18.6. The van der Waals surface area contributed by atoms with Crippen LogP contribution in [0.3, 0.4) is 0 Å². The summed E-state index contributed by atoms with van der Waals surface area (Å²) in [5, 5.41) is 23.4. The number of hydrogen-bond donors (Lipinski definition) is 4. The summed E-state index contributed by atoms with van der Waals surface area (Å²) in [5.74, 6) is 1.52. The molecule has 0 radical (unpaired) electrons. The number of fused-ring (bicyclic) bond motifs is 1. The van der Waals surface area contributed by atoms with Crippen LogP contribution in [0.15, 0.2) is 61.1 Å². The minimum Gasteiger partial charge on any atom is -0.394 e. The van der Waals surface area contributed by atoms with Gasteiger partial charge in [-0.05, 0) is 28.8 Å². The van der Waals surface area contributed by atoms with Crippen molar-refractivity contribution in [2.45, 2.75) is 19.0 Å². The largest absolute Gasteiger partial charge is 0.394 e. The molecule has 0 unspecified atom stereocenters. The molecular weight excluding hydrogens is 432 g/mol. The quantitative estimate of drug-likeness (QED) is 0.334. The van der Waals surface area contributed by atoms with Crippen LogP contribution in [0.2, 0.25) is 0 Å². The number of H-pyrrole nitrogens is 1. The number of rotatable bonds is 7. The van der Waals surface area contributed by atoms with Crippen LogP contribution < -0.4 is 10.6 Å². The maximum atomic E-state index is 12.0. The Morgan fingerprint density at radius 1 is 1.15 bits per heavy atom. The number of amides is 1. The number of hydrogen-bond acceptors (Lipinski definition) is 8. The van der Waals surface area contributed by atoms with E-state index in [0.717, 1.165) is 22.4 Å². The molecule has 5 rings (SSSR count). The maximum Gasteiger partial charge on any atom is 0.229 e. The molecule has 1 aliphatic rings. The Kier molecular flexibility index (Phi) is 5.88. The van der Waals surface area contributed by atoms with E-state index in [1.54, 1.807) is 18.1 Å². The van der Waals surface area contributed by atoms with Crippen molar-refractivity contribution in [2.24, 2.45) is 0 Å². The van der Waals surface area contributed by atoms with Crippen molar-refractivity contribution in [3.63, 3.8) is 0 Å². The topological polar surface area (TPSA) is 132 Å². The minimum atomic E-state index is -0.373. The zero-order chi connectivity index (χ0) is 23.5. The van der Waals surface area contributed by atoms with Gasteiger partial charge in [0.25, 0.3) is 0 Å². The van der Waals surface area contributed by atoms with E-state index in [0.29, 0.717) is 36.1 Å². The molecule has 34 heavy (non-hydrogen) atoms. The smallest absolute Gasteiger partial charge is 0.229 e. The molecule has 4 aromatic rings. The van der Waals surface area contributed by atoms with Gasteiger partial charge in [-0.15, -0.1) is 0 Å². The molecule has 0 fully saturated rings. The number of carbonyl (C=O) groups excluding carboxylic acids is 1. The Hall–Kier alpha value is -4.31. The molecule has 0 aliphatic carbocycles. The lowest BCUT2D eigenvalue weighted by atomic mass is 9.99. The predicted octanol–water partition coefficient (Wildman–Crippen LogP) is 2.67. The number of aliphatic hydroxyl groups excluding tert-OH is 1. The van der Waals surface area contributed by atoms with Gasteiger partial charge in [0.2, 0.25) is 11.9 Å². The van der Waals surface area contributed by atoms with E-state index in [2.05, 4.69) is 35.8 Å². The normalized spacial score (nSPS) is 13.9. The molecule has 172 valence electrons. The van der Waals surface area contributed by atoms with Gasteiger partial charge in [-0.25, -0.2) is 9.97 Å². The first kappa shape index (κ1) is 21.5. The highest BCUT2D eigenvalue weighted by molar-refractivity contribution is 5.81. The third-order valence-corrected chi connectivity index (χ3v) is 5.79. The number of nitrogens with one attached hydrogen (secondary N) is 3. The summed E-state index contributed by atoms with van der Waals surface area (Å²) in [6.07, 6.45) is 3.48. The molecule has 1 aliphatic heterocycles. The number of anilines is 3. The molecule has 1 atom stereocenters. The first-order chi connectivity index (χ1) is 16.6. The highest BCUT2D eigenvalue weighted by atomic mass is 16.3. The SMILES string of the molecule is CN1Cc2cc(Nc3ncc(-c4ncn[nH]4)c(N[C@H](CO)c4ccccc4)n3)ccc2CC1=O. The van der Waals surface area contributed by atoms with Gasteiger partial charge in [-0.3, -0.25) is 9.89 Å². The van der Waals surface area contributed by atoms with Crippen LogP contribution in [0.25, 0.3) is 11.4 Å². The molecule has 4 N–H and O–H groups in total. The zero-order valence-electron chi connectivity index (χ0n) is 18.6. The van der Waals surface area contributed by atoms with Crippen molar-refractivity contribution in [1.82, 2.24) is 30.0 Å². The Balaban J connectivity index is 1.45. The van der Waals surface area contributed by atoms with Crippen LogP contribution in [-0.2, 0) is 17.8 Å². The molecule has 10 nitrogen and oxygen atoms in total. The molecule has 0 bridgehead atoms. The molecule has 10 heteroatoms. The van der Waals surface area contributed by atoms with Crippen LogP contribution in [0.4, 0.5) is 17.5 Å². The van der Waals surface area contributed by atoms with Gasteiger partial charge >= 0.3 is 0 Å². The minimum absolute atomic E-state index is 0.118. The predicted molar refractivity (Wildman–Crippen MR) is 127 cm³/mol. The monoisotopic (exact) mass is 456 g/mol. The second-order valence-corrected chi connectivity index (χ2v) is 8.12. The fraction of sp³-hybridized carbons (Fsp3) is 0.208. The van der Waals surface area contributed by atoms with Crippen LogP contribution in [0.5, 0.6) is 0 Å². The van der Waals surface area contributed by atoms with Crippen LogP contribution in [0.1, 0.15) is 22.7 Å². The maximum absolute atomic E-state index is 12.0. The molecule has 2 aromatic heterocycles. The molecule has 2 aromatic carbocycles. The van der Waals surface area contributed by atoms with Gasteiger partial charge < -0.3 is 20.6 Å². The molecule has 1 amide bonds. The third kappa shape index (κ3) is 4.44. The van der Waals surface area contributed by atoms with Gasteiger partial charge in [0, 0.05) is 25.5 Å². The van der Waals surface area contributed by atoms with Gasteiger partial charge in [-0.2, -0.15) is 10.1 Å². The van der Waals surface area contributed by atoms with E-state index in [-0.39, 0.29) is 18.6 Å². The summed E-state index contributed by atoms with van der Waals surface area (Å²) >= 11 is 0. The summed E-state index contributed by atoms with van der Waals surface area (Å²) < 4.78 is 0. The summed E-state index contributed by atoms with van der Waals surface area (Å²) in [6.45, 7) is 0.445. The Morgan fingerprint density at radius 3 is 2.76 bits per heavy atom. The van der Waals surface area contributed by atoms with Crippen molar-refractivity contribution < 1.29 is 9.90 Å². The highest BCUT2D eigenvalue weighted by Crippen LogP contribution is 2.29. The second kappa shape index (κ2) is 9.28. The van der Waals surface area contributed by atoms with Crippen molar-refractivity contribution in [2.75, 3.05) is 24.3 Å². The molecular formula is C24H24N8O2. The fourth-order valence-electron chi connectivity index (χ4n) is 3.94. The van der Waals surface area contributed by atoms with E-state index in [9.17, 15) is 9.90 Å². The van der Waals surface area contributed by atoms with E-state index in [1.807, 2.05) is 48.5 Å². The first-order valence-electron chi connectivity index (χ1n) is 10.9. The van der Waals surface area contributed by atoms with Crippen molar-refractivity contribution in [3.8, 4) is 11.4 Å². The van der Waals surface area contributed by atoms with Gasteiger partial charge in [0.15, 0.2) is 5.82 Å². The van der Waals surface area contributed by atoms with Gasteiger partial charge in [0.05, 0.1) is 24.6 Å². The number of likely N-dealkylation sites (N-methyl/N-ethyl adjacent to an activating group) is 1. The van der Waals surface area contributed by atoms with E-state index in [1.165, 1.54) is 6.33 Å². The molecule has 0 saturated heterocycles. The van der Waals surface area contributed by atoms with E-state index in [4.69, 9.17) is 0 Å². The van der Waals surface area contributed by atoms with E-state index < -0.39 is 0 Å². The second-order valence-electron chi connectivity index (χ2n) is 8.12. The highest BCUT2D eigenvalue weighted by Gasteiger charge is 2.21. The molecule has 0 spiro atoms. The van der Waals surface area contributed by atoms with Crippen LogP contribution in [-0.4, -0.2) is 54.7 Å². The van der Waals surface area contributed by atoms with E-state index >= 15 is 0 Å². The first-order valence-corrected chi connectivity index (χ1v) is 10.9. The molecule has 3 heterocycles. The van der Waals surface area contributed by atoms with Gasteiger partial charge in [0.1, 0.15) is 12.1 Å². The summed E-state index contributed by atoms with van der Waals surface area (Å²) in [4.78, 5) is 27.1. The molecule has 0 saturated carbocycles. The van der Waals surface area contributed by atoms with Gasteiger partial charge in [-0.1, -0.05) is 36.4 Å². The summed E-state index contributed by atoms with van der Waals surface area (Å²) in [6, 6.07) is 15.2. The standard InChI is InChI=1S/C24H24N8O2/c1-32-12-17-9-18(8-7-16(17)10-21(32)34)28-24-25-11-19(22-26-14-27-31-22)23(30-24)29-20(13-33)15-5-3-2-4-6-15/h2-9,11,14,20,33H,10,12-13H2,1H3,(H,26,27,31)(H2,25,28,29,30)/t20-/m1/s1. The van der Waals surface area contributed by atoms with Crippen LogP contribution in [0, 0.1) is 0 Å². The van der Waals surface area contributed by atoms with Crippen molar-refractivity contribution in [1.29, 1.82) is 0 Å². The summed E-state index contributed by atoms with van der Waals surface area (Å²) in [5.41, 5.74) is 4.50. The average Bonchev–Trinajstić information content (AvgIpc) is 3.39. The van der Waals surface area contributed by atoms with Crippen molar-refractivity contribution in [3.05, 3.63) is 77.7 Å². The number of nitrogens with zero attached hydrogens (tertiary/aromatic N) is 5. The average molecular weight is 457 g/mol. The number of aromatic nitrogens is 5. The number of aromatic amines is 1. The van der Waals surface area contributed by atoms with Crippen LogP contribution >= 0.6 is 0 Å². The third-order valence-electron chi connectivity index (χ3n) is 5.79. The fourth-order valence-corrected chi connectivity index (χ4v) is 3.94. The Labute approximate surface area is 196 Å². The Bertz CT molecular complexity index is 1290. The lowest BCUT2D eigenvalue weighted by Gasteiger charge is -2.25. The lowest BCUT2D eigenvalue weighted by molar-refractivity contribution is -0.130. The Morgan fingerprint density at radius 2 is 2.00 bits per heavy atom. The number of aliphatic hydroxyl groups is 1. The lowest BCUT2D eigenvalue weighted by Crippen LogP contribution is -2.32. The number of carbonyl (C=O) groups is 1. The number of benzene rings is 2. The summed E-state index contributed by atoms with van der Waals surface area (Å²) in [7, 11) is 1.80. The van der Waals surface area contributed by atoms with Crippen molar-refractivity contribution >= 4 is 23.4 Å².